The molecule has 4 N–H and O–H groups in total. The van der Waals surface area contributed by atoms with Crippen LogP contribution < -0.4 is 15.8 Å². The van der Waals surface area contributed by atoms with Gasteiger partial charge in [-0.25, -0.2) is 13.6 Å². The van der Waals surface area contributed by atoms with Crippen molar-refractivity contribution in [2.24, 2.45) is 5.14 Å². The molecule has 0 unspecified atom stereocenters. The van der Waals surface area contributed by atoms with Gasteiger partial charge in [-0.1, -0.05) is 30.3 Å². The maximum absolute atomic E-state index is 12.0. The lowest BCUT2D eigenvalue weighted by Gasteiger charge is -2.14. The molecule has 0 aliphatic rings. The highest BCUT2D eigenvalue weighted by Gasteiger charge is 2.12. The number of primary sulfonamides is 1. The number of hydrogen-bond donors (Lipinski definition) is 3. The normalized spacial score (nSPS) is 12.6. The lowest BCUT2D eigenvalue weighted by atomic mass is 10.2. The van der Waals surface area contributed by atoms with E-state index in [-0.39, 0.29) is 10.8 Å². The Morgan fingerprint density at radius 1 is 1.09 bits per heavy atom. The van der Waals surface area contributed by atoms with E-state index < -0.39 is 16.1 Å². The predicted octanol–water partition coefficient (Wildman–Crippen LogP) is 1.45. The van der Waals surface area contributed by atoms with E-state index in [0.29, 0.717) is 6.54 Å². The number of amides is 1. The van der Waals surface area contributed by atoms with Gasteiger partial charge in [0.05, 0.1) is 10.9 Å². The van der Waals surface area contributed by atoms with Gasteiger partial charge in [0, 0.05) is 12.2 Å². The minimum atomic E-state index is -3.68. The lowest BCUT2D eigenvalue weighted by Crippen LogP contribution is -2.37. The summed E-state index contributed by atoms with van der Waals surface area (Å²) in [6.07, 6.45) is 0. The fourth-order valence-corrected chi connectivity index (χ4v) is 2.45. The third-order valence-corrected chi connectivity index (χ3v) is 4.23. The first kappa shape index (κ1) is 17.1. The molecule has 2 aromatic rings. The summed E-state index contributed by atoms with van der Waals surface area (Å²) >= 11 is 0. The Hall–Kier alpha value is -2.22. The van der Waals surface area contributed by atoms with Gasteiger partial charge in [0.15, 0.2) is 0 Å². The van der Waals surface area contributed by atoms with Gasteiger partial charge in [-0.2, -0.15) is 0 Å². The van der Waals surface area contributed by atoms with Gasteiger partial charge in [-0.05, 0) is 36.8 Å². The summed E-state index contributed by atoms with van der Waals surface area (Å²) in [5, 5.41) is 10.9. The fourth-order valence-electron chi connectivity index (χ4n) is 1.93. The van der Waals surface area contributed by atoms with Gasteiger partial charge in [0.25, 0.3) is 0 Å². The van der Waals surface area contributed by atoms with E-state index in [1.807, 2.05) is 30.3 Å². The molecule has 0 heterocycles. The zero-order chi connectivity index (χ0) is 16.9. The molecule has 6 nitrogen and oxygen atoms in total. The summed E-state index contributed by atoms with van der Waals surface area (Å²) in [6.45, 7) is 2.20. The maximum Gasteiger partial charge on any atom is 0.241 e. The van der Waals surface area contributed by atoms with Crippen LogP contribution in [0.4, 0.5) is 5.69 Å². The maximum atomic E-state index is 12.0. The molecule has 0 fully saturated rings. The SMILES string of the molecule is C[C@@H](NCc1ccc(S(N)(=O)=O)cc1)C(=O)Nc1ccccc1. The molecule has 1 atom stereocenters. The largest absolute Gasteiger partial charge is 0.325 e. The molecule has 2 aromatic carbocycles. The van der Waals surface area contributed by atoms with Crippen LogP contribution in [0.25, 0.3) is 0 Å². The van der Waals surface area contributed by atoms with Crippen LogP contribution in [0.5, 0.6) is 0 Å². The zero-order valence-corrected chi connectivity index (χ0v) is 13.5. The topological polar surface area (TPSA) is 101 Å². The Morgan fingerprint density at radius 3 is 2.26 bits per heavy atom. The second-order valence-electron chi connectivity index (χ2n) is 5.15. The second-order valence-corrected chi connectivity index (χ2v) is 6.71. The Bertz CT molecular complexity index is 759. The molecule has 0 aromatic heterocycles. The van der Waals surface area contributed by atoms with Crippen molar-refractivity contribution in [2.45, 2.75) is 24.4 Å². The van der Waals surface area contributed by atoms with E-state index in [9.17, 15) is 13.2 Å². The van der Waals surface area contributed by atoms with Crippen molar-refractivity contribution >= 4 is 21.6 Å². The van der Waals surface area contributed by atoms with E-state index in [0.717, 1.165) is 11.3 Å². The molecular weight excluding hydrogens is 314 g/mol. The van der Waals surface area contributed by atoms with E-state index >= 15 is 0 Å². The highest BCUT2D eigenvalue weighted by atomic mass is 32.2. The van der Waals surface area contributed by atoms with Crippen molar-refractivity contribution in [3.63, 3.8) is 0 Å². The highest BCUT2D eigenvalue weighted by Crippen LogP contribution is 2.09. The van der Waals surface area contributed by atoms with Crippen LogP contribution in [0.15, 0.2) is 59.5 Å². The molecule has 0 bridgehead atoms. The third-order valence-electron chi connectivity index (χ3n) is 3.30. The minimum absolute atomic E-state index is 0.0659. The smallest absolute Gasteiger partial charge is 0.241 e. The Morgan fingerprint density at radius 2 is 1.70 bits per heavy atom. The first-order valence-electron chi connectivity index (χ1n) is 7.07. The summed E-state index contributed by atoms with van der Waals surface area (Å²) in [5.74, 6) is -0.141. The number of rotatable bonds is 6. The number of nitrogens with one attached hydrogen (secondary N) is 2. The van der Waals surface area contributed by atoms with Gasteiger partial charge in [0.1, 0.15) is 0 Å². The van der Waals surface area contributed by atoms with E-state index in [1.165, 1.54) is 12.1 Å². The molecule has 0 saturated heterocycles. The lowest BCUT2D eigenvalue weighted by molar-refractivity contribution is -0.117. The van der Waals surface area contributed by atoms with E-state index in [1.54, 1.807) is 19.1 Å². The molecule has 7 heteroatoms. The number of anilines is 1. The number of para-hydroxylation sites is 1. The molecular formula is C16H19N3O3S. The molecule has 0 aliphatic carbocycles. The van der Waals surface area contributed by atoms with E-state index in [2.05, 4.69) is 10.6 Å². The number of carbonyl (C=O) groups is 1. The van der Waals surface area contributed by atoms with Crippen molar-refractivity contribution in [1.29, 1.82) is 0 Å². The monoisotopic (exact) mass is 333 g/mol. The van der Waals surface area contributed by atoms with Crippen LogP contribution >= 0.6 is 0 Å². The van der Waals surface area contributed by atoms with Gasteiger partial charge in [-0.3, -0.25) is 4.79 Å². The zero-order valence-electron chi connectivity index (χ0n) is 12.7. The summed E-state index contributed by atoms with van der Waals surface area (Å²) < 4.78 is 22.4. The molecule has 2 rings (SSSR count). The molecule has 1 amide bonds. The van der Waals surface area contributed by atoms with Crippen LogP contribution in [0.3, 0.4) is 0 Å². The third kappa shape index (κ3) is 5.17. The van der Waals surface area contributed by atoms with Crippen molar-refractivity contribution in [3.05, 3.63) is 60.2 Å². The average molecular weight is 333 g/mol. The molecule has 23 heavy (non-hydrogen) atoms. The van der Waals surface area contributed by atoms with Crippen LogP contribution in [0.2, 0.25) is 0 Å². The minimum Gasteiger partial charge on any atom is -0.325 e. The quantitative estimate of drug-likeness (QED) is 0.744. The second kappa shape index (κ2) is 7.36. The van der Waals surface area contributed by atoms with Gasteiger partial charge >= 0.3 is 0 Å². The number of hydrogen-bond acceptors (Lipinski definition) is 4. The van der Waals surface area contributed by atoms with Gasteiger partial charge in [0.2, 0.25) is 15.9 Å². The first-order chi connectivity index (χ1) is 10.9. The van der Waals surface area contributed by atoms with Crippen LogP contribution in [0, 0.1) is 0 Å². The van der Waals surface area contributed by atoms with Crippen molar-refractivity contribution < 1.29 is 13.2 Å². The number of carbonyl (C=O) groups excluding carboxylic acids is 1. The van der Waals surface area contributed by atoms with Gasteiger partial charge < -0.3 is 10.6 Å². The Balaban J connectivity index is 1.88. The predicted molar refractivity (Wildman–Crippen MR) is 89.2 cm³/mol. The summed E-state index contributed by atoms with van der Waals surface area (Å²) in [5.41, 5.74) is 1.60. The summed E-state index contributed by atoms with van der Waals surface area (Å²) in [4.78, 5) is 12.1. The standard InChI is InChI=1S/C16H19N3O3S/c1-12(16(20)19-14-5-3-2-4-6-14)18-11-13-7-9-15(10-8-13)23(17,21)22/h2-10,12,18H,11H2,1H3,(H,19,20)(H2,17,21,22)/t12-/m1/s1. The summed E-state index contributed by atoms with van der Waals surface area (Å²) in [6, 6.07) is 15.0. The highest BCUT2D eigenvalue weighted by molar-refractivity contribution is 7.89. The fraction of sp³-hybridized carbons (Fsp3) is 0.188. The average Bonchev–Trinajstić information content (AvgIpc) is 2.53. The molecule has 0 radical (unpaired) electrons. The van der Waals surface area contributed by atoms with Crippen molar-refractivity contribution in [3.8, 4) is 0 Å². The number of sulfonamides is 1. The molecule has 122 valence electrons. The van der Waals surface area contributed by atoms with Crippen LogP contribution in [-0.2, 0) is 21.4 Å². The molecule has 0 spiro atoms. The molecule has 0 saturated carbocycles. The van der Waals surface area contributed by atoms with E-state index in [4.69, 9.17) is 5.14 Å². The van der Waals surface area contributed by atoms with Crippen molar-refractivity contribution in [1.82, 2.24) is 5.32 Å². The first-order valence-corrected chi connectivity index (χ1v) is 8.62. The Kier molecular flexibility index (Phi) is 5.49. The van der Waals surface area contributed by atoms with Gasteiger partial charge in [-0.15, -0.1) is 0 Å². The summed E-state index contributed by atoms with van der Waals surface area (Å²) in [7, 11) is -3.68. The Labute approximate surface area is 135 Å². The van der Waals surface area contributed by atoms with Crippen LogP contribution in [0.1, 0.15) is 12.5 Å². The van der Waals surface area contributed by atoms with Crippen molar-refractivity contribution in [2.75, 3.05) is 5.32 Å². The number of benzene rings is 2. The molecule has 0 aliphatic heterocycles. The number of nitrogens with two attached hydrogens (primary N) is 1. The van der Waals surface area contributed by atoms with Crippen LogP contribution in [-0.4, -0.2) is 20.4 Å².